The Labute approximate surface area is 224 Å². The third kappa shape index (κ3) is 6.15. The van der Waals surface area contributed by atoms with Crippen LogP contribution in [0.4, 0.5) is 11.4 Å². The van der Waals surface area contributed by atoms with Crippen molar-refractivity contribution in [3.63, 3.8) is 0 Å². The summed E-state index contributed by atoms with van der Waals surface area (Å²) < 4.78 is 0. The molecular formula is C31H36N4O3. The number of nitrogens with one attached hydrogen (secondary N) is 2. The summed E-state index contributed by atoms with van der Waals surface area (Å²) in [7, 11) is 0. The van der Waals surface area contributed by atoms with Gasteiger partial charge in [0.1, 0.15) is 6.04 Å². The van der Waals surface area contributed by atoms with Crippen molar-refractivity contribution in [3.05, 3.63) is 72.3 Å². The molecule has 2 saturated heterocycles. The predicted molar refractivity (Wildman–Crippen MR) is 151 cm³/mol. The van der Waals surface area contributed by atoms with Crippen LogP contribution in [0.25, 0.3) is 10.8 Å². The van der Waals surface area contributed by atoms with Crippen molar-refractivity contribution < 1.29 is 14.4 Å². The summed E-state index contributed by atoms with van der Waals surface area (Å²) in [5.74, 6) is -0.376. The highest BCUT2D eigenvalue weighted by Gasteiger charge is 2.34. The summed E-state index contributed by atoms with van der Waals surface area (Å²) >= 11 is 0. The number of fused-ring (bicyclic) bond motifs is 1. The van der Waals surface area contributed by atoms with Gasteiger partial charge < -0.3 is 20.4 Å². The molecular weight excluding hydrogens is 476 g/mol. The fraction of sp³-hybridized carbons (Fsp3) is 0.387. The fourth-order valence-corrected chi connectivity index (χ4v) is 5.60. The number of benzene rings is 3. The molecule has 2 aliphatic heterocycles. The van der Waals surface area contributed by atoms with Crippen LogP contribution in [0.1, 0.15) is 44.6 Å². The van der Waals surface area contributed by atoms with Crippen molar-refractivity contribution in [1.82, 2.24) is 10.2 Å². The van der Waals surface area contributed by atoms with Gasteiger partial charge in [-0.2, -0.15) is 0 Å². The third-order valence-corrected chi connectivity index (χ3v) is 7.53. The smallest absolute Gasteiger partial charge is 0.243 e. The normalized spacial score (nSPS) is 18.0. The number of carbonyl (C=O) groups excluding carboxylic acids is 3. The lowest BCUT2D eigenvalue weighted by atomic mass is 10.0. The van der Waals surface area contributed by atoms with Crippen LogP contribution in [-0.2, 0) is 20.8 Å². The molecule has 2 unspecified atom stereocenters. The topological polar surface area (TPSA) is 81.8 Å². The van der Waals surface area contributed by atoms with Gasteiger partial charge in [-0.1, -0.05) is 48.5 Å². The van der Waals surface area contributed by atoms with E-state index >= 15 is 0 Å². The van der Waals surface area contributed by atoms with Gasteiger partial charge in [0.2, 0.25) is 17.7 Å². The van der Waals surface area contributed by atoms with Gasteiger partial charge in [-0.15, -0.1) is 0 Å². The average molecular weight is 513 g/mol. The molecule has 2 fully saturated rings. The second kappa shape index (κ2) is 11.7. The molecule has 0 aliphatic carbocycles. The molecule has 3 aromatic rings. The van der Waals surface area contributed by atoms with Gasteiger partial charge in [0.05, 0.1) is 6.42 Å². The molecule has 3 amide bonds. The Kier molecular flexibility index (Phi) is 7.91. The highest BCUT2D eigenvalue weighted by molar-refractivity contribution is 5.93. The fourth-order valence-electron chi connectivity index (χ4n) is 5.60. The number of amides is 3. The van der Waals surface area contributed by atoms with Crippen LogP contribution in [0.3, 0.4) is 0 Å². The zero-order valence-corrected chi connectivity index (χ0v) is 22.0. The molecule has 0 spiro atoms. The Morgan fingerprint density at radius 1 is 0.895 bits per heavy atom. The molecule has 198 valence electrons. The van der Waals surface area contributed by atoms with E-state index in [-0.39, 0.29) is 36.6 Å². The number of rotatable bonds is 8. The number of carbonyl (C=O) groups is 3. The molecule has 7 heteroatoms. The van der Waals surface area contributed by atoms with Crippen LogP contribution in [-0.4, -0.2) is 54.3 Å². The van der Waals surface area contributed by atoms with Gasteiger partial charge in [0.15, 0.2) is 0 Å². The zero-order chi connectivity index (χ0) is 26.5. The summed E-state index contributed by atoms with van der Waals surface area (Å²) in [5.41, 5.74) is 2.83. The Morgan fingerprint density at radius 3 is 2.50 bits per heavy atom. The van der Waals surface area contributed by atoms with E-state index in [1.807, 2.05) is 61.5 Å². The van der Waals surface area contributed by atoms with E-state index in [0.717, 1.165) is 47.2 Å². The second-order valence-corrected chi connectivity index (χ2v) is 10.5. The van der Waals surface area contributed by atoms with Crippen LogP contribution in [0.2, 0.25) is 0 Å². The summed E-state index contributed by atoms with van der Waals surface area (Å²) in [5, 5.41) is 8.17. The lowest BCUT2D eigenvalue weighted by Gasteiger charge is -2.25. The number of likely N-dealkylation sites (tertiary alicyclic amines) is 1. The van der Waals surface area contributed by atoms with Crippen molar-refractivity contribution in [2.75, 3.05) is 29.9 Å². The zero-order valence-electron chi connectivity index (χ0n) is 22.0. The van der Waals surface area contributed by atoms with E-state index in [2.05, 4.69) is 27.7 Å². The molecule has 5 rings (SSSR count). The molecule has 2 heterocycles. The molecule has 38 heavy (non-hydrogen) atoms. The highest BCUT2D eigenvalue weighted by Crippen LogP contribution is 2.24. The molecule has 2 N–H and O–H groups in total. The first-order valence-electron chi connectivity index (χ1n) is 13.7. The number of hydrogen-bond donors (Lipinski definition) is 2. The highest BCUT2D eigenvalue weighted by atomic mass is 16.2. The first kappa shape index (κ1) is 25.8. The first-order chi connectivity index (χ1) is 18.5. The van der Waals surface area contributed by atoms with Crippen molar-refractivity contribution in [3.8, 4) is 0 Å². The largest absolute Gasteiger partial charge is 0.371 e. The van der Waals surface area contributed by atoms with E-state index in [0.29, 0.717) is 13.0 Å². The van der Waals surface area contributed by atoms with Crippen molar-refractivity contribution in [2.45, 2.75) is 57.5 Å². The summed E-state index contributed by atoms with van der Waals surface area (Å²) in [4.78, 5) is 42.9. The summed E-state index contributed by atoms with van der Waals surface area (Å²) in [6.45, 7) is 4.49. The van der Waals surface area contributed by atoms with Crippen LogP contribution < -0.4 is 15.5 Å². The monoisotopic (exact) mass is 512 g/mol. The van der Waals surface area contributed by atoms with Crippen molar-refractivity contribution in [2.24, 2.45) is 0 Å². The quantitative estimate of drug-likeness (QED) is 0.466. The van der Waals surface area contributed by atoms with Crippen LogP contribution in [0, 0.1) is 0 Å². The van der Waals surface area contributed by atoms with Gasteiger partial charge in [0.25, 0.3) is 0 Å². The number of hydrogen-bond acceptors (Lipinski definition) is 4. The maximum absolute atomic E-state index is 13.1. The Morgan fingerprint density at radius 2 is 1.68 bits per heavy atom. The molecule has 0 saturated carbocycles. The SMILES string of the molecule is CC(CC(=O)Nc1cccc(N2CCCC2)c1)NC(=O)C1CCCN1C(=O)Cc1ccc2ccccc2c1. The summed E-state index contributed by atoms with van der Waals surface area (Å²) in [6.07, 6.45) is 4.25. The second-order valence-electron chi connectivity index (χ2n) is 10.5. The van der Waals surface area contributed by atoms with E-state index in [1.165, 1.54) is 12.8 Å². The minimum absolute atomic E-state index is 0.0405. The van der Waals surface area contributed by atoms with Gasteiger partial charge in [-0.25, -0.2) is 0 Å². The van der Waals surface area contributed by atoms with Crippen molar-refractivity contribution in [1.29, 1.82) is 0 Å². The maximum Gasteiger partial charge on any atom is 0.243 e. The standard InChI is InChI=1S/C31H36N4O3/c1-22(18-29(36)33-26-10-6-11-27(21-26)34-15-4-5-16-34)32-31(38)28-12-7-17-35(28)30(37)20-23-13-14-24-8-2-3-9-25(24)19-23/h2-3,6,8-11,13-14,19,21-22,28H,4-5,7,12,15-18,20H2,1H3,(H,32,38)(H,33,36). The van der Waals surface area contributed by atoms with Gasteiger partial charge in [-0.05, 0) is 67.1 Å². The predicted octanol–water partition coefficient (Wildman–Crippen LogP) is 4.51. The van der Waals surface area contributed by atoms with Crippen LogP contribution in [0.5, 0.6) is 0 Å². The van der Waals surface area contributed by atoms with E-state index in [9.17, 15) is 14.4 Å². The van der Waals surface area contributed by atoms with Gasteiger partial charge in [-0.3, -0.25) is 14.4 Å². The molecule has 7 nitrogen and oxygen atoms in total. The Hall–Kier alpha value is -3.87. The first-order valence-corrected chi connectivity index (χ1v) is 13.7. The molecule has 0 radical (unpaired) electrons. The van der Waals surface area contributed by atoms with E-state index in [4.69, 9.17) is 0 Å². The number of anilines is 2. The van der Waals surface area contributed by atoms with E-state index < -0.39 is 6.04 Å². The van der Waals surface area contributed by atoms with Gasteiger partial charge in [0, 0.05) is 43.5 Å². The lowest BCUT2D eigenvalue weighted by molar-refractivity contribution is -0.138. The molecule has 3 aromatic carbocycles. The molecule has 0 aromatic heterocycles. The Bertz CT molecular complexity index is 1320. The van der Waals surface area contributed by atoms with Gasteiger partial charge >= 0.3 is 0 Å². The Balaban J connectivity index is 1.13. The summed E-state index contributed by atoms with van der Waals surface area (Å²) in [6, 6.07) is 21.2. The average Bonchev–Trinajstić information content (AvgIpc) is 3.61. The van der Waals surface area contributed by atoms with Crippen LogP contribution >= 0.6 is 0 Å². The maximum atomic E-state index is 13.1. The molecule has 2 aliphatic rings. The number of nitrogens with zero attached hydrogens (tertiary/aromatic N) is 2. The van der Waals surface area contributed by atoms with Crippen LogP contribution in [0.15, 0.2) is 66.7 Å². The molecule has 2 atom stereocenters. The minimum atomic E-state index is -0.495. The molecule has 0 bridgehead atoms. The third-order valence-electron chi connectivity index (χ3n) is 7.53. The lowest BCUT2D eigenvalue weighted by Crippen LogP contribution is -2.49. The minimum Gasteiger partial charge on any atom is -0.371 e. The van der Waals surface area contributed by atoms with Crippen molar-refractivity contribution >= 4 is 39.9 Å². The van der Waals surface area contributed by atoms with E-state index in [1.54, 1.807) is 4.90 Å².